The van der Waals surface area contributed by atoms with Gasteiger partial charge in [0.1, 0.15) is 23.5 Å². The summed E-state index contributed by atoms with van der Waals surface area (Å²) < 4.78 is 31.0. The summed E-state index contributed by atoms with van der Waals surface area (Å²) in [7, 11) is 5.51. The standard InChI is InChI=1S/C23H23B3F2N4O/c1-22(8-9-22)7-6-13-11-29-12-17-14(13)3-2-10-31(17)20-18-16(5-4-15(27)19(18)28)32(21(33)30-20)23(24,25)26/h4-5,11-12H,2-3,8-10,24-26H2,1H3. The lowest BCUT2D eigenvalue weighted by Crippen LogP contribution is -2.44. The van der Waals surface area contributed by atoms with Crippen LogP contribution in [0.15, 0.2) is 29.3 Å². The number of halogens is 2. The van der Waals surface area contributed by atoms with Crippen molar-refractivity contribution in [3.63, 3.8) is 0 Å². The first kappa shape index (κ1) is 21.8. The van der Waals surface area contributed by atoms with Gasteiger partial charge in [-0.3, -0.25) is 4.98 Å². The van der Waals surface area contributed by atoms with Gasteiger partial charge in [-0.15, -0.1) is 0 Å². The first-order valence-electron chi connectivity index (χ1n) is 11.3. The first-order chi connectivity index (χ1) is 15.6. The second-order valence-corrected chi connectivity index (χ2v) is 10.2. The molecule has 0 spiro atoms. The molecule has 1 fully saturated rings. The molecule has 0 N–H and O–H groups in total. The Balaban J connectivity index is 1.75. The van der Waals surface area contributed by atoms with Crippen molar-refractivity contribution in [3.05, 3.63) is 57.8 Å². The molecular weight excluding hydrogens is 419 g/mol. The number of pyridine rings is 1. The van der Waals surface area contributed by atoms with E-state index >= 15 is 4.39 Å². The Morgan fingerprint density at radius 2 is 1.94 bits per heavy atom. The summed E-state index contributed by atoms with van der Waals surface area (Å²) in [5, 5.41) is -0.659. The molecule has 10 heteroatoms. The summed E-state index contributed by atoms with van der Waals surface area (Å²) in [6.45, 7) is 2.66. The van der Waals surface area contributed by atoms with E-state index < -0.39 is 22.6 Å². The normalized spacial score (nSPS) is 16.8. The average Bonchev–Trinajstić information content (AvgIpc) is 3.50. The van der Waals surface area contributed by atoms with Gasteiger partial charge in [-0.1, -0.05) is 11.8 Å². The number of anilines is 2. The minimum absolute atomic E-state index is 0.000598. The average molecular weight is 442 g/mol. The van der Waals surface area contributed by atoms with Crippen LogP contribution >= 0.6 is 0 Å². The fourth-order valence-electron chi connectivity index (χ4n) is 4.45. The molecule has 1 saturated carbocycles. The lowest BCUT2D eigenvalue weighted by Gasteiger charge is -2.33. The first-order valence-corrected chi connectivity index (χ1v) is 11.3. The van der Waals surface area contributed by atoms with E-state index in [0.717, 1.165) is 48.6 Å². The quantitative estimate of drug-likeness (QED) is 0.435. The summed E-state index contributed by atoms with van der Waals surface area (Å²) in [5.74, 6) is 4.77. The molecule has 3 aromatic rings. The minimum Gasteiger partial charge on any atom is -0.324 e. The van der Waals surface area contributed by atoms with Gasteiger partial charge < -0.3 is 9.47 Å². The molecule has 5 nitrogen and oxygen atoms in total. The Morgan fingerprint density at radius 3 is 2.64 bits per heavy atom. The van der Waals surface area contributed by atoms with Crippen molar-refractivity contribution in [2.24, 2.45) is 5.41 Å². The molecule has 2 aliphatic rings. The van der Waals surface area contributed by atoms with Gasteiger partial charge in [0.05, 0.1) is 22.8 Å². The van der Waals surface area contributed by atoms with E-state index in [2.05, 4.69) is 28.7 Å². The smallest absolute Gasteiger partial charge is 0.324 e. The second-order valence-electron chi connectivity index (χ2n) is 10.2. The van der Waals surface area contributed by atoms with Crippen LogP contribution in [0.2, 0.25) is 0 Å². The van der Waals surface area contributed by atoms with Crippen LogP contribution in [0.3, 0.4) is 0 Å². The Labute approximate surface area is 193 Å². The van der Waals surface area contributed by atoms with Gasteiger partial charge in [0.2, 0.25) is 0 Å². The molecule has 1 aliphatic carbocycles. The summed E-state index contributed by atoms with van der Waals surface area (Å²) in [4.78, 5) is 23.5. The number of aromatic nitrogens is 3. The summed E-state index contributed by atoms with van der Waals surface area (Å²) >= 11 is 0. The highest BCUT2D eigenvalue weighted by Gasteiger charge is 2.35. The van der Waals surface area contributed by atoms with Crippen molar-refractivity contribution in [1.82, 2.24) is 14.5 Å². The summed E-state index contributed by atoms with van der Waals surface area (Å²) in [6.07, 6.45) is 7.20. The van der Waals surface area contributed by atoms with Crippen LogP contribution in [-0.2, 0) is 11.7 Å². The third kappa shape index (κ3) is 3.74. The Bertz CT molecular complexity index is 1420. The van der Waals surface area contributed by atoms with E-state index in [0.29, 0.717) is 12.1 Å². The molecule has 0 bridgehead atoms. The molecule has 33 heavy (non-hydrogen) atoms. The topological polar surface area (TPSA) is 51.0 Å². The zero-order chi connectivity index (χ0) is 23.5. The lowest BCUT2D eigenvalue weighted by atomic mass is 9.49. The largest absolute Gasteiger partial charge is 0.348 e. The maximum absolute atomic E-state index is 15.2. The van der Waals surface area contributed by atoms with Crippen molar-refractivity contribution in [2.45, 2.75) is 37.8 Å². The third-order valence-electron chi connectivity index (χ3n) is 6.49. The van der Waals surface area contributed by atoms with E-state index in [1.54, 1.807) is 17.3 Å². The zero-order valence-corrected chi connectivity index (χ0v) is 19.3. The monoisotopic (exact) mass is 442 g/mol. The van der Waals surface area contributed by atoms with Gasteiger partial charge in [0.25, 0.3) is 0 Å². The number of hydrogen-bond donors (Lipinski definition) is 0. The van der Waals surface area contributed by atoms with Crippen LogP contribution in [0.5, 0.6) is 0 Å². The van der Waals surface area contributed by atoms with Crippen molar-refractivity contribution in [3.8, 4) is 11.8 Å². The molecule has 3 heterocycles. The second kappa shape index (κ2) is 7.48. The third-order valence-corrected chi connectivity index (χ3v) is 6.49. The minimum atomic E-state index is -1.01. The van der Waals surface area contributed by atoms with E-state index in [1.807, 2.05) is 23.5 Å². The van der Waals surface area contributed by atoms with Crippen LogP contribution < -0.4 is 10.6 Å². The predicted molar refractivity (Wildman–Crippen MR) is 133 cm³/mol. The number of benzene rings is 1. The van der Waals surface area contributed by atoms with Crippen molar-refractivity contribution >= 4 is 45.9 Å². The van der Waals surface area contributed by atoms with Crippen LogP contribution in [0, 0.1) is 28.9 Å². The molecular formula is C23H23B3F2N4O. The maximum Gasteiger partial charge on any atom is 0.348 e. The van der Waals surface area contributed by atoms with Crippen molar-refractivity contribution in [2.75, 3.05) is 11.4 Å². The number of nitrogens with zero attached hydrogens (tertiary/aromatic N) is 4. The molecule has 1 aliphatic heterocycles. The van der Waals surface area contributed by atoms with Gasteiger partial charge >= 0.3 is 5.69 Å². The summed E-state index contributed by atoms with van der Waals surface area (Å²) in [6, 6.07) is 2.51. The van der Waals surface area contributed by atoms with Crippen molar-refractivity contribution in [1.29, 1.82) is 0 Å². The number of rotatable bonds is 2. The molecule has 1 aromatic carbocycles. The fourth-order valence-corrected chi connectivity index (χ4v) is 4.45. The SMILES string of the molecule is BC(B)(B)n1c(=O)nc(N2CCCc3c(C#CC4(C)CC4)cncc32)c2c(F)c(F)ccc21. The van der Waals surface area contributed by atoms with Crippen LogP contribution in [0.25, 0.3) is 10.9 Å². The Hall–Kier alpha value is -3.08. The fraction of sp³-hybridized carbons (Fsp3) is 0.348. The highest BCUT2D eigenvalue weighted by molar-refractivity contribution is 6.56. The van der Waals surface area contributed by atoms with Crippen molar-refractivity contribution < 1.29 is 8.78 Å². The van der Waals surface area contributed by atoms with Gasteiger partial charge in [-0.25, -0.2) is 13.6 Å². The van der Waals surface area contributed by atoms with Gasteiger partial charge in [-0.05, 0) is 55.5 Å². The molecule has 0 atom stereocenters. The highest BCUT2D eigenvalue weighted by Crippen LogP contribution is 2.44. The predicted octanol–water partition coefficient (Wildman–Crippen LogP) is 0.773. The molecule has 0 unspecified atom stereocenters. The van der Waals surface area contributed by atoms with E-state index in [1.165, 1.54) is 10.6 Å². The Morgan fingerprint density at radius 1 is 1.18 bits per heavy atom. The van der Waals surface area contributed by atoms with E-state index in [4.69, 9.17) is 0 Å². The van der Waals surface area contributed by atoms with Crippen LogP contribution in [0.1, 0.15) is 37.3 Å². The molecule has 0 amide bonds. The molecule has 164 valence electrons. The molecule has 5 rings (SSSR count). The van der Waals surface area contributed by atoms with Crippen LogP contribution in [0.4, 0.5) is 20.3 Å². The van der Waals surface area contributed by atoms with Gasteiger partial charge in [0.15, 0.2) is 17.5 Å². The maximum atomic E-state index is 15.2. The molecule has 2 aromatic heterocycles. The molecule has 0 radical (unpaired) electrons. The number of fused-ring (bicyclic) bond motifs is 2. The van der Waals surface area contributed by atoms with E-state index in [-0.39, 0.29) is 16.6 Å². The Kier molecular flexibility index (Phi) is 4.93. The van der Waals surface area contributed by atoms with Gasteiger partial charge in [-0.2, -0.15) is 4.98 Å². The lowest BCUT2D eigenvalue weighted by molar-refractivity contribution is 0.515. The molecule has 0 saturated heterocycles. The summed E-state index contributed by atoms with van der Waals surface area (Å²) in [5.41, 5.74) is 2.46. The highest BCUT2D eigenvalue weighted by atomic mass is 19.2. The van der Waals surface area contributed by atoms with Crippen LogP contribution in [-0.4, -0.2) is 44.6 Å². The zero-order valence-electron chi connectivity index (χ0n) is 19.3. The number of hydrogen-bond acceptors (Lipinski definition) is 4. The van der Waals surface area contributed by atoms with Gasteiger partial charge in [0, 0.05) is 23.7 Å². The van der Waals surface area contributed by atoms with E-state index in [9.17, 15) is 9.18 Å².